The van der Waals surface area contributed by atoms with E-state index in [2.05, 4.69) is 20.9 Å². The molecule has 0 radical (unpaired) electrons. The van der Waals surface area contributed by atoms with Crippen LogP contribution in [0.5, 0.6) is 0 Å². The van der Waals surface area contributed by atoms with E-state index in [1.165, 1.54) is 12.8 Å². The lowest BCUT2D eigenvalue weighted by molar-refractivity contribution is -0.115. The molecule has 6 nitrogen and oxygen atoms in total. The summed E-state index contributed by atoms with van der Waals surface area (Å²) in [5.74, 6) is 0.658. The molecule has 1 atom stereocenters. The second-order valence-electron chi connectivity index (χ2n) is 6.69. The highest BCUT2D eigenvalue weighted by Gasteiger charge is 2.22. The van der Waals surface area contributed by atoms with Crippen LogP contribution < -0.4 is 16.0 Å². The van der Waals surface area contributed by atoms with Gasteiger partial charge in [-0.3, -0.25) is 9.59 Å². The van der Waals surface area contributed by atoms with Crippen LogP contribution in [0.3, 0.4) is 0 Å². The Morgan fingerprint density at radius 2 is 2.12 bits per heavy atom. The van der Waals surface area contributed by atoms with E-state index in [0.717, 1.165) is 22.6 Å². The summed E-state index contributed by atoms with van der Waals surface area (Å²) in [7, 11) is 0. The number of carbonyl (C=O) groups is 2. The summed E-state index contributed by atoms with van der Waals surface area (Å²) in [4.78, 5) is 28.2. The van der Waals surface area contributed by atoms with E-state index in [0.29, 0.717) is 18.0 Å². The van der Waals surface area contributed by atoms with E-state index in [-0.39, 0.29) is 17.9 Å². The Bertz CT molecular complexity index is 828. The number of carbonyl (C=O) groups excluding carboxylic acids is 2. The van der Waals surface area contributed by atoms with Gasteiger partial charge in [0, 0.05) is 17.9 Å². The van der Waals surface area contributed by atoms with Crippen molar-refractivity contribution in [3.05, 3.63) is 53.2 Å². The van der Waals surface area contributed by atoms with E-state index in [4.69, 9.17) is 0 Å². The van der Waals surface area contributed by atoms with Crippen molar-refractivity contribution in [3.63, 3.8) is 0 Å². The number of nitrogens with zero attached hydrogens (tertiary/aromatic N) is 1. The molecule has 1 aromatic heterocycles. The Hall–Kier alpha value is -2.89. The van der Waals surface area contributed by atoms with Crippen molar-refractivity contribution in [2.24, 2.45) is 0 Å². The Kier molecular flexibility index (Phi) is 3.87. The third-order valence-corrected chi connectivity index (χ3v) is 4.56. The minimum absolute atomic E-state index is 0.00908. The highest BCUT2D eigenvalue weighted by molar-refractivity contribution is 5.99. The first kappa shape index (κ1) is 15.6. The molecule has 2 heterocycles. The number of hydrogen-bond donors (Lipinski definition) is 3. The molecule has 1 aliphatic heterocycles. The molecule has 2 aliphatic rings. The van der Waals surface area contributed by atoms with Gasteiger partial charge in [0.05, 0.1) is 18.0 Å². The van der Waals surface area contributed by atoms with E-state index >= 15 is 0 Å². The zero-order chi connectivity index (χ0) is 17.4. The van der Waals surface area contributed by atoms with Gasteiger partial charge < -0.3 is 16.0 Å². The van der Waals surface area contributed by atoms with Crippen molar-refractivity contribution in [1.29, 1.82) is 0 Å². The van der Waals surface area contributed by atoms with Gasteiger partial charge in [-0.25, -0.2) is 4.98 Å². The first-order valence-corrected chi connectivity index (χ1v) is 8.54. The van der Waals surface area contributed by atoms with Crippen LogP contribution in [0.25, 0.3) is 0 Å². The zero-order valence-electron chi connectivity index (χ0n) is 14.0. The van der Waals surface area contributed by atoms with Gasteiger partial charge in [-0.2, -0.15) is 0 Å². The van der Waals surface area contributed by atoms with E-state index in [1.807, 2.05) is 31.2 Å². The fourth-order valence-electron chi connectivity index (χ4n) is 2.93. The number of hydrogen-bond acceptors (Lipinski definition) is 4. The van der Waals surface area contributed by atoms with Crippen molar-refractivity contribution in [3.8, 4) is 0 Å². The third kappa shape index (κ3) is 3.47. The lowest BCUT2D eigenvalue weighted by Crippen LogP contribution is -2.26. The van der Waals surface area contributed by atoms with Gasteiger partial charge in [-0.15, -0.1) is 0 Å². The molecule has 2 amide bonds. The zero-order valence-corrected chi connectivity index (χ0v) is 14.0. The molecule has 25 heavy (non-hydrogen) atoms. The SMILES string of the molecule is CC(NC(=O)c1ccc(NC2CC2)nc1)c1ccc2c(c1)CC(=O)N2. The maximum Gasteiger partial charge on any atom is 0.253 e. The topological polar surface area (TPSA) is 83.1 Å². The van der Waals surface area contributed by atoms with Crippen LogP contribution in [0.1, 0.15) is 47.3 Å². The third-order valence-electron chi connectivity index (χ3n) is 4.56. The van der Waals surface area contributed by atoms with Crippen LogP contribution in [0.15, 0.2) is 36.5 Å². The lowest BCUT2D eigenvalue weighted by Gasteiger charge is -2.15. The molecule has 2 aromatic rings. The summed E-state index contributed by atoms with van der Waals surface area (Å²) >= 11 is 0. The number of pyridine rings is 1. The average molecular weight is 336 g/mol. The first-order valence-electron chi connectivity index (χ1n) is 8.54. The molecule has 3 N–H and O–H groups in total. The van der Waals surface area contributed by atoms with Crippen LogP contribution >= 0.6 is 0 Å². The Morgan fingerprint density at radius 1 is 1.28 bits per heavy atom. The second kappa shape index (κ2) is 6.20. The number of anilines is 2. The highest BCUT2D eigenvalue weighted by atomic mass is 16.2. The van der Waals surface area contributed by atoms with Crippen molar-refractivity contribution in [2.75, 3.05) is 10.6 Å². The summed E-state index contributed by atoms with van der Waals surface area (Å²) in [6.45, 7) is 1.93. The number of aromatic nitrogens is 1. The molecule has 1 unspecified atom stereocenters. The summed E-state index contributed by atoms with van der Waals surface area (Å²) in [6.07, 6.45) is 4.36. The predicted octanol–water partition coefficient (Wildman–Crippen LogP) is 2.64. The maximum atomic E-state index is 12.4. The van der Waals surface area contributed by atoms with Crippen molar-refractivity contribution in [2.45, 2.75) is 38.3 Å². The number of amides is 2. The minimum atomic E-state index is -0.160. The first-order chi connectivity index (χ1) is 12.1. The van der Waals surface area contributed by atoms with Crippen molar-refractivity contribution >= 4 is 23.3 Å². The average Bonchev–Trinajstić information content (AvgIpc) is 3.33. The normalized spacial score (nSPS) is 16.8. The minimum Gasteiger partial charge on any atom is -0.367 e. The lowest BCUT2D eigenvalue weighted by atomic mass is 10.0. The van der Waals surface area contributed by atoms with Crippen LogP contribution in [-0.2, 0) is 11.2 Å². The molecule has 0 spiro atoms. The van der Waals surface area contributed by atoms with Crippen molar-refractivity contribution < 1.29 is 9.59 Å². The molecular formula is C19H20N4O2. The smallest absolute Gasteiger partial charge is 0.253 e. The summed E-state index contributed by atoms with van der Waals surface area (Å²) < 4.78 is 0. The van der Waals surface area contributed by atoms with Gasteiger partial charge in [0.2, 0.25) is 5.91 Å². The molecular weight excluding hydrogens is 316 g/mol. The molecule has 1 aromatic carbocycles. The number of nitrogens with one attached hydrogen (secondary N) is 3. The van der Waals surface area contributed by atoms with Gasteiger partial charge in [-0.05, 0) is 49.1 Å². The standard InChI is InChI=1S/C19H20N4O2/c1-11(12-2-6-16-14(8-12)9-18(24)23-16)21-19(25)13-3-7-17(20-10-13)22-15-4-5-15/h2-3,6-8,10-11,15H,4-5,9H2,1H3,(H,20,22)(H,21,25)(H,23,24). The summed E-state index contributed by atoms with van der Waals surface area (Å²) in [5, 5.41) is 9.10. The number of fused-ring (bicyclic) bond motifs is 1. The number of rotatable bonds is 5. The van der Waals surface area contributed by atoms with Crippen LogP contribution in [0.4, 0.5) is 11.5 Å². The number of benzene rings is 1. The molecule has 128 valence electrons. The van der Waals surface area contributed by atoms with E-state index in [9.17, 15) is 9.59 Å². The van der Waals surface area contributed by atoms with Crippen LogP contribution in [0, 0.1) is 0 Å². The Balaban J connectivity index is 1.41. The summed E-state index contributed by atoms with van der Waals surface area (Å²) in [5.41, 5.74) is 3.34. The van der Waals surface area contributed by atoms with Crippen LogP contribution in [0.2, 0.25) is 0 Å². The van der Waals surface area contributed by atoms with E-state index < -0.39 is 0 Å². The molecule has 6 heteroatoms. The fourth-order valence-corrected chi connectivity index (χ4v) is 2.93. The molecule has 4 rings (SSSR count). The highest BCUT2D eigenvalue weighted by Crippen LogP contribution is 2.27. The molecule has 1 fully saturated rings. The Labute approximate surface area is 146 Å². The molecule has 0 saturated heterocycles. The molecule has 1 aliphatic carbocycles. The van der Waals surface area contributed by atoms with Crippen molar-refractivity contribution in [1.82, 2.24) is 10.3 Å². The van der Waals surface area contributed by atoms with Gasteiger partial charge in [0.15, 0.2) is 0 Å². The van der Waals surface area contributed by atoms with Gasteiger partial charge in [-0.1, -0.05) is 12.1 Å². The van der Waals surface area contributed by atoms with Gasteiger partial charge in [0.25, 0.3) is 5.91 Å². The predicted molar refractivity (Wildman–Crippen MR) is 95.5 cm³/mol. The Morgan fingerprint density at radius 3 is 2.84 bits per heavy atom. The quantitative estimate of drug-likeness (QED) is 0.784. The molecule has 1 saturated carbocycles. The fraction of sp³-hybridized carbons (Fsp3) is 0.316. The second-order valence-corrected chi connectivity index (χ2v) is 6.69. The van der Waals surface area contributed by atoms with Crippen LogP contribution in [-0.4, -0.2) is 22.8 Å². The van der Waals surface area contributed by atoms with Gasteiger partial charge in [0.1, 0.15) is 5.82 Å². The van der Waals surface area contributed by atoms with Gasteiger partial charge >= 0.3 is 0 Å². The van der Waals surface area contributed by atoms with E-state index in [1.54, 1.807) is 12.3 Å². The largest absolute Gasteiger partial charge is 0.367 e. The maximum absolute atomic E-state index is 12.4. The monoisotopic (exact) mass is 336 g/mol. The molecule has 0 bridgehead atoms. The summed E-state index contributed by atoms with van der Waals surface area (Å²) in [6, 6.07) is 9.79.